The van der Waals surface area contributed by atoms with Gasteiger partial charge in [-0.3, -0.25) is 9.59 Å². The van der Waals surface area contributed by atoms with Crippen molar-refractivity contribution in [2.24, 2.45) is 0 Å². The first-order valence-corrected chi connectivity index (χ1v) is 10.4. The molecule has 2 aromatic carbocycles. The fourth-order valence-electron chi connectivity index (χ4n) is 3.55. The van der Waals surface area contributed by atoms with Crippen LogP contribution < -0.4 is 15.5 Å². The summed E-state index contributed by atoms with van der Waals surface area (Å²) < 4.78 is 31.4. The van der Waals surface area contributed by atoms with Crippen LogP contribution in [0.4, 0.5) is 20.2 Å². The molecule has 7 nitrogen and oxygen atoms in total. The summed E-state index contributed by atoms with van der Waals surface area (Å²) in [4.78, 5) is 38.5. The monoisotopic (exact) mass is 445 g/mol. The van der Waals surface area contributed by atoms with Crippen molar-refractivity contribution in [3.63, 3.8) is 0 Å². The van der Waals surface area contributed by atoms with E-state index in [4.69, 9.17) is 4.74 Å². The fraction of sp³-hybridized carbons (Fsp3) is 0.348. The Morgan fingerprint density at radius 3 is 2.50 bits per heavy atom. The lowest BCUT2D eigenvalue weighted by Crippen LogP contribution is -2.26. The summed E-state index contributed by atoms with van der Waals surface area (Å²) in [6, 6.07) is 7.77. The third-order valence-corrected chi connectivity index (χ3v) is 5.18. The first-order chi connectivity index (χ1) is 15.4. The SMILES string of the molecule is COC(=O)c1ccc(N2CCCC2)c(NC(=O)CCCNC(=O)c2ccc(F)cc2F)c1. The van der Waals surface area contributed by atoms with Crippen molar-refractivity contribution >= 4 is 29.2 Å². The van der Waals surface area contributed by atoms with E-state index in [-0.39, 0.29) is 24.4 Å². The van der Waals surface area contributed by atoms with Gasteiger partial charge in [0.1, 0.15) is 11.6 Å². The van der Waals surface area contributed by atoms with Gasteiger partial charge in [0.2, 0.25) is 5.91 Å². The normalized spacial score (nSPS) is 13.0. The maximum atomic E-state index is 13.7. The molecule has 0 spiro atoms. The first-order valence-electron chi connectivity index (χ1n) is 10.4. The highest BCUT2D eigenvalue weighted by molar-refractivity contribution is 5.98. The van der Waals surface area contributed by atoms with Crippen LogP contribution in [0.15, 0.2) is 36.4 Å². The van der Waals surface area contributed by atoms with E-state index in [1.165, 1.54) is 7.11 Å². The van der Waals surface area contributed by atoms with Gasteiger partial charge in [0.05, 0.1) is 29.6 Å². The van der Waals surface area contributed by atoms with E-state index in [1.807, 2.05) is 0 Å². The number of amides is 2. The number of hydrogen-bond acceptors (Lipinski definition) is 5. The van der Waals surface area contributed by atoms with Crippen molar-refractivity contribution in [1.82, 2.24) is 5.32 Å². The molecule has 0 unspecified atom stereocenters. The minimum atomic E-state index is -0.944. The molecular formula is C23H25F2N3O4. The molecule has 0 aromatic heterocycles. The van der Waals surface area contributed by atoms with Crippen LogP contribution in [-0.2, 0) is 9.53 Å². The van der Waals surface area contributed by atoms with Crippen LogP contribution >= 0.6 is 0 Å². The Kier molecular flexibility index (Phi) is 7.75. The van der Waals surface area contributed by atoms with Gasteiger partial charge in [-0.2, -0.15) is 0 Å². The predicted molar refractivity (Wildman–Crippen MR) is 116 cm³/mol. The zero-order chi connectivity index (χ0) is 23.1. The minimum Gasteiger partial charge on any atom is -0.465 e. The Labute approximate surface area is 184 Å². The highest BCUT2D eigenvalue weighted by Gasteiger charge is 2.19. The molecule has 170 valence electrons. The number of methoxy groups -OCH3 is 1. The molecule has 9 heteroatoms. The number of benzene rings is 2. The van der Waals surface area contributed by atoms with Gasteiger partial charge in [0.25, 0.3) is 5.91 Å². The predicted octanol–water partition coefficient (Wildman–Crippen LogP) is 3.50. The van der Waals surface area contributed by atoms with E-state index in [2.05, 4.69) is 15.5 Å². The Morgan fingerprint density at radius 2 is 1.81 bits per heavy atom. The number of carbonyl (C=O) groups is 3. The lowest BCUT2D eigenvalue weighted by molar-refractivity contribution is -0.116. The number of halogens is 2. The summed E-state index contributed by atoms with van der Waals surface area (Å²) >= 11 is 0. The third kappa shape index (κ3) is 5.81. The first kappa shape index (κ1) is 23.2. The van der Waals surface area contributed by atoms with Crippen LogP contribution in [0.25, 0.3) is 0 Å². The average molecular weight is 445 g/mol. The summed E-state index contributed by atoms with van der Waals surface area (Å²) in [5.41, 5.74) is 1.44. The summed E-state index contributed by atoms with van der Waals surface area (Å²) in [5.74, 6) is -3.16. The van der Waals surface area contributed by atoms with Crippen LogP contribution in [0.2, 0.25) is 0 Å². The maximum Gasteiger partial charge on any atom is 0.337 e. The number of ether oxygens (including phenoxy) is 1. The van der Waals surface area contributed by atoms with Crippen LogP contribution in [0.3, 0.4) is 0 Å². The summed E-state index contributed by atoms with van der Waals surface area (Å²) in [6.45, 7) is 1.88. The average Bonchev–Trinajstić information content (AvgIpc) is 3.30. The maximum absolute atomic E-state index is 13.7. The van der Waals surface area contributed by atoms with Crippen LogP contribution in [0.5, 0.6) is 0 Å². The number of anilines is 2. The topological polar surface area (TPSA) is 87.7 Å². The van der Waals surface area contributed by atoms with Crippen molar-refractivity contribution < 1.29 is 27.9 Å². The molecule has 1 aliphatic heterocycles. The molecule has 0 atom stereocenters. The van der Waals surface area contributed by atoms with Crippen LogP contribution in [0, 0.1) is 11.6 Å². The van der Waals surface area contributed by atoms with E-state index in [0.29, 0.717) is 23.7 Å². The van der Waals surface area contributed by atoms with Gasteiger partial charge in [-0.05, 0) is 49.6 Å². The number of nitrogens with one attached hydrogen (secondary N) is 2. The van der Waals surface area contributed by atoms with Gasteiger partial charge in [-0.1, -0.05) is 0 Å². The highest BCUT2D eigenvalue weighted by atomic mass is 19.1. The van der Waals surface area contributed by atoms with E-state index in [9.17, 15) is 23.2 Å². The summed E-state index contributed by atoms with van der Waals surface area (Å²) in [7, 11) is 1.29. The molecule has 2 aromatic rings. The lowest BCUT2D eigenvalue weighted by atomic mass is 10.1. The highest BCUT2D eigenvalue weighted by Crippen LogP contribution is 2.30. The second-order valence-electron chi connectivity index (χ2n) is 7.45. The van der Waals surface area contributed by atoms with Crippen molar-refractivity contribution in [3.05, 3.63) is 59.2 Å². The van der Waals surface area contributed by atoms with Gasteiger partial charge in [0, 0.05) is 32.1 Å². The van der Waals surface area contributed by atoms with Gasteiger partial charge in [-0.25, -0.2) is 13.6 Å². The molecular weight excluding hydrogens is 420 g/mol. The molecule has 0 aliphatic carbocycles. The van der Waals surface area contributed by atoms with Crippen molar-refractivity contribution in [1.29, 1.82) is 0 Å². The molecule has 2 N–H and O–H groups in total. The zero-order valence-corrected chi connectivity index (χ0v) is 17.7. The summed E-state index contributed by atoms with van der Waals surface area (Å²) in [5, 5.41) is 5.35. The van der Waals surface area contributed by atoms with Gasteiger partial charge >= 0.3 is 5.97 Å². The number of carbonyl (C=O) groups excluding carboxylic acids is 3. The van der Waals surface area contributed by atoms with E-state index < -0.39 is 23.5 Å². The zero-order valence-electron chi connectivity index (χ0n) is 17.7. The largest absolute Gasteiger partial charge is 0.465 e. The molecule has 1 saturated heterocycles. The van der Waals surface area contributed by atoms with Crippen molar-refractivity contribution in [2.75, 3.05) is 37.0 Å². The third-order valence-electron chi connectivity index (χ3n) is 5.18. The van der Waals surface area contributed by atoms with Crippen LogP contribution in [-0.4, -0.2) is 44.5 Å². The van der Waals surface area contributed by atoms with Crippen LogP contribution in [0.1, 0.15) is 46.4 Å². The Bertz CT molecular complexity index is 1010. The molecule has 1 aliphatic rings. The molecule has 0 saturated carbocycles. The number of esters is 1. The number of nitrogens with zero attached hydrogens (tertiary/aromatic N) is 1. The second-order valence-corrected chi connectivity index (χ2v) is 7.45. The van der Waals surface area contributed by atoms with E-state index >= 15 is 0 Å². The molecule has 1 heterocycles. The second kappa shape index (κ2) is 10.7. The number of hydrogen-bond donors (Lipinski definition) is 2. The van der Waals surface area contributed by atoms with E-state index in [0.717, 1.165) is 43.8 Å². The smallest absolute Gasteiger partial charge is 0.337 e. The fourth-order valence-corrected chi connectivity index (χ4v) is 3.55. The van der Waals surface area contributed by atoms with Gasteiger partial charge in [0.15, 0.2) is 0 Å². The quantitative estimate of drug-likeness (QED) is 0.480. The van der Waals surface area contributed by atoms with Crippen molar-refractivity contribution in [3.8, 4) is 0 Å². The molecule has 2 amide bonds. The number of rotatable bonds is 8. The lowest BCUT2D eigenvalue weighted by Gasteiger charge is -2.22. The molecule has 3 rings (SSSR count). The molecule has 32 heavy (non-hydrogen) atoms. The Balaban J connectivity index is 1.56. The molecule has 0 radical (unpaired) electrons. The van der Waals surface area contributed by atoms with Gasteiger partial charge < -0.3 is 20.3 Å². The molecule has 0 bridgehead atoms. The Hall–Kier alpha value is -3.49. The van der Waals surface area contributed by atoms with Gasteiger partial charge in [-0.15, -0.1) is 0 Å². The van der Waals surface area contributed by atoms with E-state index in [1.54, 1.807) is 18.2 Å². The Morgan fingerprint density at radius 1 is 1.06 bits per heavy atom. The minimum absolute atomic E-state index is 0.105. The molecule has 1 fully saturated rings. The van der Waals surface area contributed by atoms with Crippen molar-refractivity contribution in [2.45, 2.75) is 25.7 Å². The standard InChI is InChI=1S/C23H25F2N3O4/c1-32-23(31)15-6-9-20(28-11-2-3-12-28)19(13-15)27-21(29)5-4-10-26-22(30)17-8-7-16(24)14-18(17)25/h6-9,13-14H,2-5,10-12H2,1H3,(H,26,30)(H,27,29). The summed E-state index contributed by atoms with van der Waals surface area (Å²) in [6.07, 6.45) is 2.53.